The van der Waals surface area contributed by atoms with Crippen molar-refractivity contribution in [3.8, 4) is 0 Å². The molecular weight excluding hydrogens is 210 g/mol. The number of hydrogen-bond donors (Lipinski definition) is 2. The highest BCUT2D eigenvalue weighted by atomic mass is 16.3. The number of rotatable bonds is 3. The largest absolute Gasteiger partial charge is 0.388 e. The molecule has 2 heteroatoms. The van der Waals surface area contributed by atoms with Crippen LogP contribution in [0.15, 0.2) is 24.3 Å². The van der Waals surface area contributed by atoms with Gasteiger partial charge < -0.3 is 10.8 Å². The summed E-state index contributed by atoms with van der Waals surface area (Å²) in [5.74, 6) is 0.679. The van der Waals surface area contributed by atoms with Crippen molar-refractivity contribution in [2.45, 2.75) is 39.2 Å². The van der Waals surface area contributed by atoms with E-state index in [-0.39, 0.29) is 5.41 Å². The third-order valence-corrected chi connectivity index (χ3v) is 4.23. The topological polar surface area (TPSA) is 46.2 Å². The smallest absolute Gasteiger partial charge is 0.0858 e. The summed E-state index contributed by atoms with van der Waals surface area (Å²) in [5.41, 5.74) is 8.06. The van der Waals surface area contributed by atoms with E-state index in [0.29, 0.717) is 12.5 Å². The number of aryl methyl sites for hydroxylation is 1. The summed E-state index contributed by atoms with van der Waals surface area (Å²) in [6.07, 6.45) is 2.84. The summed E-state index contributed by atoms with van der Waals surface area (Å²) in [6.45, 7) is 4.88. The van der Waals surface area contributed by atoms with Crippen LogP contribution < -0.4 is 5.73 Å². The first kappa shape index (κ1) is 12.6. The lowest BCUT2D eigenvalue weighted by atomic mass is 9.76. The molecule has 0 spiro atoms. The molecule has 0 amide bonds. The van der Waals surface area contributed by atoms with Crippen LogP contribution in [0.5, 0.6) is 0 Å². The van der Waals surface area contributed by atoms with Crippen molar-refractivity contribution in [3.05, 3.63) is 35.4 Å². The second-order valence-corrected chi connectivity index (χ2v) is 5.73. The summed E-state index contributed by atoms with van der Waals surface area (Å²) in [6, 6.07) is 8.15. The van der Waals surface area contributed by atoms with Gasteiger partial charge in [-0.05, 0) is 31.2 Å². The van der Waals surface area contributed by atoms with Crippen molar-refractivity contribution in [2.24, 2.45) is 17.1 Å². The van der Waals surface area contributed by atoms with Gasteiger partial charge in [-0.2, -0.15) is 0 Å². The molecule has 2 nitrogen and oxygen atoms in total. The van der Waals surface area contributed by atoms with E-state index in [1.807, 2.05) is 12.1 Å². The van der Waals surface area contributed by atoms with Gasteiger partial charge in [0, 0.05) is 12.0 Å². The van der Waals surface area contributed by atoms with Crippen molar-refractivity contribution in [2.75, 3.05) is 6.54 Å². The van der Waals surface area contributed by atoms with Crippen LogP contribution in [-0.4, -0.2) is 11.7 Å². The highest BCUT2D eigenvalue weighted by Crippen LogP contribution is 2.49. The van der Waals surface area contributed by atoms with E-state index < -0.39 is 6.10 Å². The Balaban J connectivity index is 2.26. The molecule has 2 rings (SSSR count). The fraction of sp³-hybridized carbons (Fsp3) is 0.600. The predicted octanol–water partition coefficient (Wildman–Crippen LogP) is 2.79. The number of aliphatic hydroxyl groups excluding tert-OH is 1. The zero-order valence-corrected chi connectivity index (χ0v) is 10.8. The van der Waals surface area contributed by atoms with E-state index >= 15 is 0 Å². The van der Waals surface area contributed by atoms with E-state index in [0.717, 1.165) is 18.4 Å². The van der Waals surface area contributed by atoms with E-state index in [4.69, 9.17) is 5.73 Å². The van der Waals surface area contributed by atoms with E-state index in [1.165, 1.54) is 12.0 Å². The summed E-state index contributed by atoms with van der Waals surface area (Å²) < 4.78 is 0. The lowest BCUT2D eigenvalue weighted by Gasteiger charge is -2.33. The molecule has 1 aliphatic rings. The molecule has 1 aromatic rings. The molecule has 0 bridgehead atoms. The van der Waals surface area contributed by atoms with Gasteiger partial charge in [0.15, 0.2) is 0 Å². The Morgan fingerprint density at radius 2 is 2.29 bits per heavy atom. The minimum absolute atomic E-state index is 0.104. The second-order valence-electron chi connectivity index (χ2n) is 5.73. The molecule has 0 aliphatic heterocycles. The van der Waals surface area contributed by atoms with Crippen LogP contribution in [0.3, 0.4) is 0 Å². The zero-order valence-electron chi connectivity index (χ0n) is 10.8. The van der Waals surface area contributed by atoms with Gasteiger partial charge in [-0.25, -0.2) is 0 Å². The van der Waals surface area contributed by atoms with Crippen LogP contribution in [0.2, 0.25) is 0 Å². The van der Waals surface area contributed by atoms with Crippen molar-refractivity contribution in [1.82, 2.24) is 0 Å². The normalized spacial score (nSPS) is 30.5. The summed E-state index contributed by atoms with van der Waals surface area (Å²) in [7, 11) is 0. The van der Waals surface area contributed by atoms with Gasteiger partial charge in [0.05, 0.1) is 6.10 Å². The fourth-order valence-electron chi connectivity index (χ4n) is 3.17. The van der Waals surface area contributed by atoms with Gasteiger partial charge >= 0.3 is 0 Å². The third-order valence-electron chi connectivity index (χ3n) is 4.23. The highest BCUT2D eigenvalue weighted by molar-refractivity contribution is 5.26. The first-order chi connectivity index (χ1) is 8.07. The first-order valence-corrected chi connectivity index (χ1v) is 6.52. The van der Waals surface area contributed by atoms with Crippen LogP contribution in [-0.2, 0) is 0 Å². The molecular formula is C15H23NO. The molecule has 3 unspecified atom stereocenters. The lowest BCUT2D eigenvalue weighted by Crippen LogP contribution is -2.34. The lowest BCUT2D eigenvalue weighted by molar-refractivity contribution is 0.0307. The Bertz CT molecular complexity index is 390. The summed E-state index contributed by atoms with van der Waals surface area (Å²) >= 11 is 0. The molecule has 17 heavy (non-hydrogen) atoms. The van der Waals surface area contributed by atoms with Gasteiger partial charge in [-0.3, -0.25) is 0 Å². The molecule has 1 fully saturated rings. The third kappa shape index (κ3) is 2.38. The van der Waals surface area contributed by atoms with Gasteiger partial charge in [-0.1, -0.05) is 43.2 Å². The van der Waals surface area contributed by atoms with Crippen molar-refractivity contribution < 1.29 is 5.11 Å². The molecule has 0 heterocycles. The maximum atomic E-state index is 10.6. The molecule has 3 N–H and O–H groups in total. The maximum absolute atomic E-state index is 10.6. The molecule has 1 aromatic carbocycles. The van der Waals surface area contributed by atoms with Crippen LogP contribution in [0.1, 0.15) is 43.4 Å². The average Bonchev–Trinajstić information content (AvgIpc) is 2.71. The number of benzene rings is 1. The van der Waals surface area contributed by atoms with Crippen molar-refractivity contribution >= 4 is 0 Å². The van der Waals surface area contributed by atoms with Gasteiger partial charge in [0.25, 0.3) is 0 Å². The summed E-state index contributed by atoms with van der Waals surface area (Å²) in [5, 5.41) is 10.6. The van der Waals surface area contributed by atoms with Gasteiger partial charge in [0.2, 0.25) is 0 Å². The minimum Gasteiger partial charge on any atom is -0.388 e. The van der Waals surface area contributed by atoms with Crippen LogP contribution in [0, 0.1) is 18.3 Å². The average molecular weight is 233 g/mol. The molecule has 0 saturated heterocycles. The molecule has 0 radical (unpaired) electrons. The number of aliphatic hydroxyl groups is 1. The SMILES string of the molecule is Cc1cccc(C(O)C2(CN)CCC(C)C2)c1. The fourth-order valence-corrected chi connectivity index (χ4v) is 3.17. The maximum Gasteiger partial charge on any atom is 0.0858 e. The molecule has 3 atom stereocenters. The molecule has 0 aromatic heterocycles. The Morgan fingerprint density at radius 3 is 2.82 bits per heavy atom. The Kier molecular flexibility index (Phi) is 3.55. The Hall–Kier alpha value is -0.860. The number of nitrogens with two attached hydrogens (primary N) is 1. The minimum atomic E-state index is -0.419. The van der Waals surface area contributed by atoms with E-state index in [1.54, 1.807) is 0 Å². The van der Waals surface area contributed by atoms with Gasteiger partial charge in [0.1, 0.15) is 0 Å². The molecule has 1 saturated carbocycles. The summed E-state index contributed by atoms with van der Waals surface area (Å²) in [4.78, 5) is 0. The molecule has 1 aliphatic carbocycles. The van der Waals surface area contributed by atoms with Gasteiger partial charge in [-0.15, -0.1) is 0 Å². The quantitative estimate of drug-likeness (QED) is 0.843. The van der Waals surface area contributed by atoms with E-state index in [9.17, 15) is 5.11 Å². The Labute approximate surface area is 104 Å². The standard InChI is InChI=1S/C15H23NO/c1-11-4-3-5-13(8-11)14(17)15(10-16)7-6-12(2)9-15/h3-5,8,12,14,17H,6-7,9-10,16H2,1-2H3. The Morgan fingerprint density at radius 1 is 1.53 bits per heavy atom. The molecule has 94 valence electrons. The number of hydrogen-bond acceptors (Lipinski definition) is 2. The zero-order chi connectivity index (χ0) is 12.5. The second kappa shape index (κ2) is 4.79. The first-order valence-electron chi connectivity index (χ1n) is 6.52. The van der Waals surface area contributed by atoms with Crippen LogP contribution in [0.25, 0.3) is 0 Å². The van der Waals surface area contributed by atoms with Crippen molar-refractivity contribution in [1.29, 1.82) is 0 Å². The van der Waals surface area contributed by atoms with Crippen LogP contribution >= 0.6 is 0 Å². The van der Waals surface area contributed by atoms with Crippen molar-refractivity contribution in [3.63, 3.8) is 0 Å². The van der Waals surface area contributed by atoms with Crippen LogP contribution in [0.4, 0.5) is 0 Å². The monoisotopic (exact) mass is 233 g/mol. The predicted molar refractivity (Wildman–Crippen MR) is 70.6 cm³/mol. The van der Waals surface area contributed by atoms with E-state index in [2.05, 4.69) is 26.0 Å². The highest BCUT2D eigenvalue weighted by Gasteiger charge is 2.42.